The minimum Gasteiger partial charge on any atom is -0.256 e. The Bertz CT molecular complexity index is 589. The Labute approximate surface area is 93.2 Å². The lowest BCUT2D eigenvalue weighted by Gasteiger charge is -2.01. The van der Waals surface area contributed by atoms with E-state index in [0.29, 0.717) is 11.1 Å². The van der Waals surface area contributed by atoms with E-state index in [9.17, 15) is 0 Å². The molecule has 3 heteroatoms. The molecule has 0 N–H and O–H groups in total. The molecule has 0 saturated heterocycles. The molecule has 0 aliphatic heterocycles. The molecule has 0 saturated carbocycles. The Kier molecular flexibility index (Phi) is 2.63. The van der Waals surface area contributed by atoms with Crippen LogP contribution in [0, 0.1) is 28.7 Å². The Hall–Kier alpha value is -2.65. The topological polar surface area (TPSA) is 60.5 Å². The first-order valence-corrected chi connectivity index (χ1v) is 4.62. The van der Waals surface area contributed by atoms with Crippen LogP contribution in [0.3, 0.4) is 0 Å². The summed E-state index contributed by atoms with van der Waals surface area (Å²) in [6.07, 6.45) is 1.57. The summed E-state index contributed by atoms with van der Waals surface area (Å²) in [5, 5.41) is 17.7. The number of hydrogen-bond acceptors (Lipinski definition) is 3. The van der Waals surface area contributed by atoms with E-state index in [1.165, 1.54) is 0 Å². The normalized spacial score (nSPS) is 9.12. The van der Waals surface area contributed by atoms with Crippen molar-refractivity contribution in [2.45, 2.75) is 0 Å². The highest BCUT2D eigenvalue weighted by molar-refractivity contribution is 5.64. The third-order valence-corrected chi connectivity index (χ3v) is 2.17. The van der Waals surface area contributed by atoms with Crippen molar-refractivity contribution in [2.24, 2.45) is 0 Å². The van der Waals surface area contributed by atoms with Crippen molar-refractivity contribution in [3.63, 3.8) is 0 Å². The van der Waals surface area contributed by atoms with Gasteiger partial charge in [0.25, 0.3) is 0 Å². The molecule has 0 aliphatic carbocycles. The Morgan fingerprint density at radius 1 is 1.06 bits per heavy atom. The van der Waals surface area contributed by atoms with Gasteiger partial charge in [-0.1, -0.05) is 12.1 Å². The Balaban J connectivity index is 2.55. The van der Waals surface area contributed by atoms with Crippen LogP contribution in [0.5, 0.6) is 0 Å². The van der Waals surface area contributed by atoms with Gasteiger partial charge in [0.2, 0.25) is 0 Å². The predicted octanol–water partition coefficient (Wildman–Crippen LogP) is 2.29. The van der Waals surface area contributed by atoms with E-state index in [-0.39, 0.29) is 0 Å². The SMILES string of the molecule is N#Cc1ccc(-c2cc[c]cn2)cc1C#N. The molecule has 0 spiro atoms. The van der Waals surface area contributed by atoms with E-state index in [1.807, 2.05) is 18.2 Å². The van der Waals surface area contributed by atoms with Crippen LogP contribution >= 0.6 is 0 Å². The fraction of sp³-hybridized carbons (Fsp3) is 0. The average Bonchev–Trinajstić information content (AvgIpc) is 2.39. The van der Waals surface area contributed by atoms with Crippen molar-refractivity contribution in [2.75, 3.05) is 0 Å². The van der Waals surface area contributed by atoms with Crippen LogP contribution < -0.4 is 0 Å². The zero-order valence-electron chi connectivity index (χ0n) is 8.31. The van der Waals surface area contributed by atoms with Gasteiger partial charge in [0, 0.05) is 17.8 Å². The van der Waals surface area contributed by atoms with E-state index in [0.717, 1.165) is 11.3 Å². The van der Waals surface area contributed by atoms with E-state index in [1.54, 1.807) is 30.5 Å². The van der Waals surface area contributed by atoms with Gasteiger partial charge in [-0.3, -0.25) is 4.98 Å². The average molecular weight is 204 g/mol. The highest BCUT2D eigenvalue weighted by atomic mass is 14.7. The number of hydrogen-bond donors (Lipinski definition) is 0. The summed E-state index contributed by atoms with van der Waals surface area (Å²) in [6.45, 7) is 0. The number of pyridine rings is 1. The van der Waals surface area contributed by atoms with Gasteiger partial charge >= 0.3 is 0 Å². The second-order valence-corrected chi connectivity index (χ2v) is 3.13. The molecule has 1 radical (unpaired) electrons. The fourth-order valence-electron chi connectivity index (χ4n) is 1.38. The number of rotatable bonds is 1. The van der Waals surface area contributed by atoms with Crippen LogP contribution in [-0.2, 0) is 0 Å². The number of aromatic nitrogens is 1. The number of nitriles is 2. The molecule has 1 aromatic heterocycles. The molecule has 3 nitrogen and oxygen atoms in total. The van der Waals surface area contributed by atoms with Crippen molar-refractivity contribution < 1.29 is 0 Å². The van der Waals surface area contributed by atoms with E-state index >= 15 is 0 Å². The van der Waals surface area contributed by atoms with Crippen LogP contribution in [0.2, 0.25) is 0 Å². The maximum absolute atomic E-state index is 8.89. The van der Waals surface area contributed by atoms with Crippen molar-refractivity contribution >= 4 is 0 Å². The fourth-order valence-corrected chi connectivity index (χ4v) is 1.38. The third kappa shape index (κ3) is 1.75. The predicted molar refractivity (Wildman–Crippen MR) is 57.9 cm³/mol. The molecule has 0 amide bonds. The molecule has 16 heavy (non-hydrogen) atoms. The minimum atomic E-state index is 0.370. The van der Waals surface area contributed by atoms with Crippen LogP contribution in [0.4, 0.5) is 0 Å². The Morgan fingerprint density at radius 2 is 1.88 bits per heavy atom. The first kappa shape index (κ1) is 9.89. The second-order valence-electron chi connectivity index (χ2n) is 3.13. The van der Waals surface area contributed by atoms with Gasteiger partial charge in [-0.25, -0.2) is 0 Å². The van der Waals surface area contributed by atoms with Gasteiger partial charge in [-0.15, -0.1) is 0 Å². The summed E-state index contributed by atoms with van der Waals surface area (Å²) >= 11 is 0. The molecule has 0 unspecified atom stereocenters. The first-order valence-electron chi connectivity index (χ1n) is 4.62. The van der Waals surface area contributed by atoms with Gasteiger partial charge in [-0.05, 0) is 18.2 Å². The van der Waals surface area contributed by atoms with Crippen molar-refractivity contribution in [1.29, 1.82) is 10.5 Å². The summed E-state index contributed by atoms with van der Waals surface area (Å²) in [4.78, 5) is 4.13. The van der Waals surface area contributed by atoms with Gasteiger partial charge in [0.1, 0.15) is 12.1 Å². The summed E-state index contributed by atoms with van der Waals surface area (Å²) in [5.41, 5.74) is 2.34. The molecule has 2 rings (SSSR count). The monoisotopic (exact) mass is 204 g/mol. The van der Waals surface area contributed by atoms with Gasteiger partial charge in [0.15, 0.2) is 0 Å². The van der Waals surface area contributed by atoms with E-state index < -0.39 is 0 Å². The highest BCUT2D eigenvalue weighted by Crippen LogP contribution is 2.19. The summed E-state index contributed by atoms with van der Waals surface area (Å²) in [5.74, 6) is 0. The maximum Gasteiger partial charge on any atom is 0.101 e. The number of nitrogens with zero attached hydrogens (tertiary/aromatic N) is 3. The molecule has 1 heterocycles. The summed E-state index contributed by atoms with van der Waals surface area (Å²) in [6, 6.07) is 15.4. The molecular weight excluding hydrogens is 198 g/mol. The zero-order chi connectivity index (χ0) is 11.4. The lowest BCUT2D eigenvalue weighted by atomic mass is 10.0. The number of benzene rings is 1. The zero-order valence-corrected chi connectivity index (χ0v) is 8.31. The van der Waals surface area contributed by atoms with Gasteiger partial charge in [-0.2, -0.15) is 10.5 Å². The quantitative estimate of drug-likeness (QED) is 0.716. The third-order valence-electron chi connectivity index (χ3n) is 2.17. The summed E-state index contributed by atoms with van der Waals surface area (Å²) < 4.78 is 0. The van der Waals surface area contributed by atoms with Gasteiger partial charge < -0.3 is 0 Å². The molecule has 73 valence electrons. The van der Waals surface area contributed by atoms with Crippen molar-refractivity contribution in [3.8, 4) is 23.4 Å². The molecule has 1 aromatic carbocycles. The van der Waals surface area contributed by atoms with E-state index in [2.05, 4.69) is 11.1 Å². The first-order chi connectivity index (χ1) is 7.85. The Morgan fingerprint density at radius 3 is 2.50 bits per heavy atom. The lowest BCUT2D eigenvalue weighted by molar-refractivity contribution is 1.31. The van der Waals surface area contributed by atoms with E-state index in [4.69, 9.17) is 10.5 Å². The molecular formula is C13H6N3. The summed E-state index contributed by atoms with van der Waals surface area (Å²) in [7, 11) is 0. The standard InChI is InChI=1S/C13H6N3/c14-8-11-5-4-10(7-12(11)9-15)13-3-1-2-6-16-13/h1,3-7H. The smallest absolute Gasteiger partial charge is 0.101 e. The van der Waals surface area contributed by atoms with Gasteiger partial charge in [0.05, 0.1) is 16.8 Å². The van der Waals surface area contributed by atoms with Crippen LogP contribution in [0.1, 0.15) is 11.1 Å². The lowest BCUT2D eigenvalue weighted by Crippen LogP contribution is -1.87. The highest BCUT2D eigenvalue weighted by Gasteiger charge is 2.04. The van der Waals surface area contributed by atoms with Crippen molar-refractivity contribution in [1.82, 2.24) is 4.98 Å². The molecule has 0 aliphatic rings. The largest absolute Gasteiger partial charge is 0.256 e. The van der Waals surface area contributed by atoms with Crippen LogP contribution in [0.25, 0.3) is 11.3 Å². The molecule has 0 atom stereocenters. The molecule has 0 bridgehead atoms. The maximum atomic E-state index is 8.89. The minimum absolute atomic E-state index is 0.370. The second kappa shape index (κ2) is 4.25. The van der Waals surface area contributed by atoms with Crippen LogP contribution in [-0.4, -0.2) is 4.98 Å². The molecule has 0 fully saturated rings. The molecule has 2 aromatic rings. The van der Waals surface area contributed by atoms with Crippen molar-refractivity contribution in [3.05, 3.63) is 53.7 Å². The van der Waals surface area contributed by atoms with Crippen LogP contribution in [0.15, 0.2) is 36.5 Å².